The van der Waals surface area contributed by atoms with Crippen molar-refractivity contribution in [2.24, 2.45) is 0 Å². The summed E-state index contributed by atoms with van der Waals surface area (Å²) in [6, 6.07) is 13.8. The highest BCUT2D eigenvalue weighted by Crippen LogP contribution is 2.12. The third-order valence-corrected chi connectivity index (χ3v) is 3.60. The molecule has 0 spiro atoms. The van der Waals surface area contributed by atoms with Gasteiger partial charge in [0.2, 0.25) is 0 Å². The molecule has 0 atom stereocenters. The van der Waals surface area contributed by atoms with E-state index in [1.165, 1.54) is 5.56 Å². The molecule has 0 aliphatic rings. The van der Waals surface area contributed by atoms with Crippen LogP contribution in [-0.2, 0) is 6.54 Å². The van der Waals surface area contributed by atoms with Crippen molar-refractivity contribution in [3.05, 3.63) is 71.7 Å². The van der Waals surface area contributed by atoms with E-state index >= 15 is 0 Å². The summed E-state index contributed by atoms with van der Waals surface area (Å²) in [6.07, 6.45) is 3.66. The topological polar surface area (TPSA) is 37.6 Å². The number of pyridine rings is 1. The predicted molar refractivity (Wildman–Crippen MR) is 82.2 cm³/mol. The van der Waals surface area contributed by atoms with Gasteiger partial charge in [0.15, 0.2) is 0 Å². The van der Waals surface area contributed by atoms with Gasteiger partial charge in [-0.25, -0.2) is 4.98 Å². The highest BCUT2D eigenvalue weighted by molar-refractivity contribution is 5.92. The van der Waals surface area contributed by atoms with Crippen LogP contribution in [0, 0.1) is 6.92 Å². The molecule has 0 radical (unpaired) electrons. The maximum atomic E-state index is 12.5. The van der Waals surface area contributed by atoms with E-state index in [9.17, 15) is 4.79 Å². The van der Waals surface area contributed by atoms with Crippen LogP contribution in [0.3, 0.4) is 0 Å². The van der Waals surface area contributed by atoms with Gasteiger partial charge in [-0.1, -0.05) is 30.3 Å². The third-order valence-electron chi connectivity index (χ3n) is 3.60. The average Bonchev–Trinajstić information content (AvgIpc) is 2.92. The number of fused-ring (bicyclic) bond motifs is 1. The van der Waals surface area contributed by atoms with Crippen LogP contribution in [-0.4, -0.2) is 27.2 Å². The van der Waals surface area contributed by atoms with E-state index in [4.69, 9.17) is 0 Å². The lowest BCUT2D eigenvalue weighted by Gasteiger charge is -2.17. The molecule has 2 aromatic heterocycles. The second-order valence-electron chi connectivity index (χ2n) is 5.18. The van der Waals surface area contributed by atoms with Crippen LogP contribution in [0.5, 0.6) is 0 Å². The minimum absolute atomic E-state index is 0.0676. The number of hydrogen-bond donors (Lipinski definition) is 0. The van der Waals surface area contributed by atoms with Crippen LogP contribution in [0.15, 0.2) is 54.9 Å². The number of aryl methyl sites for hydroxylation is 1. The Kier molecular flexibility index (Phi) is 3.44. The van der Waals surface area contributed by atoms with Crippen molar-refractivity contribution < 1.29 is 4.79 Å². The van der Waals surface area contributed by atoms with Gasteiger partial charge in [0, 0.05) is 26.0 Å². The zero-order valence-corrected chi connectivity index (χ0v) is 12.2. The summed E-state index contributed by atoms with van der Waals surface area (Å²) in [7, 11) is 1.80. The van der Waals surface area contributed by atoms with Crippen LogP contribution >= 0.6 is 0 Å². The van der Waals surface area contributed by atoms with E-state index in [1.807, 2.05) is 47.0 Å². The molecule has 106 valence electrons. The number of aromatic nitrogens is 2. The monoisotopic (exact) mass is 279 g/mol. The minimum atomic E-state index is -0.0676. The summed E-state index contributed by atoms with van der Waals surface area (Å²) < 4.78 is 1.86. The molecule has 0 aliphatic carbocycles. The Morgan fingerprint density at radius 3 is 2.71 bits per heavy atom. The van der Waals surface area contributed by atoms with Crippen LogP contribution < -0.4 is 0 Å². The van der Waals surface area contributed by atoms with Crippen molar-refractivity contribution in [1.82, 2.24) is 14.3 Å². The average molecular weight is 279 g/mol. The van der Waals surface area contributed by atoms with Gasteiger partial charge in [-0.15, -0.1) is 0 Å². The summed E-state index contributed by atoms with van der Waals surface area (Å²) in [5.74, 6) is -0.0676. The molecule has 21 heavy (non-hydrogen) atoms. The zero-order valence-electron chi connectivity index (χ0n) is 12.2. The standard InChI is InChI=1S/C17H17N3O/c1-13-7-3-4-8-14(13)11-19(2)17(21)15-12-20-10-6-5-9-16(20)18-15/h3-10,12H,11H2,1-2H3. The molecule has 3 rings (SSSR count). The fourth-order valence-corrected chi connectivity index (χ4v) is 2.35. The number of rotatable bonds is 3. The molecule has 0 bridgehead atoms. The van der Waals surface area contributed by atoms with Crippen LogP contribution in [0.25, 0.3) is 5.65 Å². The minimum Gasteiger partial charge on any atom is -0.336 e. The quantitative estimate of drug-likeness (QED) is 0.739. The Labute approximate surface area is 123 Å². The maximum absolute atomic E-state index is 12.5. The largest absolute Gasteiger partial charge is 0.336 e. The molecule has 4 nitrogen and oxygen atoms in total. The van der Waals surface area contributed by atoms with E-state index in [0.717, 1.165) is 11.2 Å². The van der Waals surface area contributed by atoms with Crippen molar-refractivity contribution in [2.45, 2.75) is 13.5 Å². The molecule has 0 N–H and O–H groups in total. The summed E-state index contributed by atoms with van der Waals surface area (Å²) in [5, 5.41) is 0. The molecule has 4 heteroatoms. The molecule has 1 amide bonds. The lowest BCUT2D eigenvalue weighted by atomic mass is 10.1. The van der Waals surface area contributed by atoms with E-state index in [2.05, 4.69) is 18.0 Å². The molecule has 0 fully saturated rings. The van der Waals surface area contributed by atoms with E-state index in [-0.39, 0.29) is 5.91 Å². The third kappa shape index (κ3) is 2.65. The fraction of sp³-hybridized carbons (Fsp3) is 0.176. The highest BCUT2D eigenvalue weighted by atomic mass is 16.2. The summed E-state index contributed by atoms with van der Waals surface area (Å²) in [6.45, 7) is 2.64. The van der Waals surface area contributed by atoms with Gasteiger partial charge in [-0.3, -0.25) is 4.79 Å². The number of benzene rings is 1. The van der Waals surface area contributed by atoms with Gasteiger partial charge >= 0.3 is 0 Å². The first kappa shape index (κ1) is 13.4. The molecular weight excluding hydrogens is 262 g/mol. The van der Waals surface area contributed by atoms with E-state index in [1.54, 1.807) is 18.1 Å². The highest BCUT2D eigenvalue weighted by Gasteiger charge is 2.16. The zero-order chi connectivity index (χ0) is 14.8. The lowest BCUT2D eigenvalue weighted by molar-refractivity contribution is 0.0780. The molecule has 0 aliphatic heterocycles. The molecule has 2 heterocycles. The lowest BCUT2D eigenvalue weighted by Crippen LogP contribution is -2.26. The van der Waals surface area contributed by atoms with Gasteiger partial charge in [0.1, 0.15) is 11.3 Å². The van der Waals surface area contributed by atoms with Crippen LogP contribution in [0.1, 0.15) is 21.6 Å². The summed E-state index contributed by atoms with van der Waals surface area (Å²) in [5.41, 5.74) is 3.59. The van der Waals surface area contributed by atoms with Crippen molar-refractivity contribution >= 4 is 11.6 Å². The number of carbonyl (C=O) groups excluding carboxylic acids is 1. The number of carbonyl (C=O) groups is 1. The van der Waals surface area contributed by atoms with Crippen LogP contribution in [0.4, 0.5) is 0 Å². The smallest absolute Gasteiger partial charge is 0.274 e. The SMILES string of the molecule is Cc1ccccc1CN(C)C(=O)c1cn2ccccc2n1. The summed E-state index contributed by atoms with van der Waals surface area (Å²) >= 11 is 0. The number of hydrogen-bond acceptors (Lipinski definition) is 2. The Balaban J connectivity index is 1.82. The van der Waals surface area contributed by atoms with E-state index in [0.29, 0.717) is 12.2 Å². The van der Waals surface area contributed by atoms with Gasteiger partial charge in [-0.2, -0.15) is 0 Å². The van der Waals surface area contributed by atoms with Crippen molar-refractivity contribution in [3.8, 4) is 0 Å². The first-order valence-electron chi connectivity index (χ1n) is 6.89. The predicted octanol–water partition coefficient (Wildman–Crippen LogP) is 2.91. The van der Waals surface area contributed by atoms with Gasteiger partial charge in [-0.05, 0) is 30.2 Å². The Morgan fingerprint density at radius 2 is 1.95 bits per heavy atom. The summed E-state index contributed by atoms with van der Waals surface area (Å²) in [4.78, 5) is 18.5. The van der Waals surface area contributed by atoms with Gasteiger partial charge in [0.25, 0.3) is 5.91 Å². The van der Waals surface area contributed by atoms with Crippen molar-refractivity contribution in [1.29, 1.82) is 0 Å². The van der Waals surface area contributed by atoms with Crippen molar-refractivity contribution in [3.63, 3.8) is 0 Å². The molecule has 1 aromatic carbocycles. The second-order valence-corrected chi connectivity index (χ2v) is 5.18. The fourth-order valence-electron chi connectivity index (χ4n) is 2.35. The van der Waals surface area contributed by atoms with Gasteiger partial charge < -0.3 is 9.30 Å². The van der Waals surface area contributed by atoms with Crippen LogP contribution in [0.2, 0.25) is 0 Å². The first-order chi connectivity index (χ1) is 10.1. The number of amides is 1. The normalized spacial score (nSPS) is 10.8. The number of imidazole rings is 1. The Morgan fingerprint density at radius 1 is 1.19 bits per heavy atom. The molecule has 0 unspecified atom stereocenters. The number of nitrogens with zero attached hydrogens (tertiary/aromatic N) is 3. The molecule has 0 saturated heterocycles. The van der Waals surface area contributed by atoms with Gasteiger partial charge in [0.05, 0.1) is 0 Å². The maximum Gasteiger partial charge on any atom is 0.274 e. The van der Waals surface area contributed by atoms with Crippen molar-refractivity contribution in [2.75, 3.05) is 7.05 Å². The first-order valence-corrected chi connectivity index (χ1v) is 6.89. The molecule has 3 aromatic rings. The van der Waals surface area contributed by atoms with E-state index < -0.39 is 0 Å². The molecule has 0 saturated carbocycles. The Hall–Kier alpha value is -2.62. The Bertz CT molecular complexity index is 758. The molecular formula is C17H17N3O. The second kappa shape index (κ2) is 5.40.